The number of nitrogens with zero attached hydrogens (tertiary/aromatic N) is 2. The van der Waals surface area contributed by atoms with E-state index in [1.54, 1.807) is 6.92 Å². The number of hydrogen-bond acceptors (Lipinski definition) is 3. The number of aromatic nitrogens is 2. The summed E-state index contributed by atoms with van der Waals surface area (Å²) in [4.78, 5) is 28.5. The molecule has 0 saturated carbocycles. The molecule has 1 heterocycles. The number of rotatable bonds is 5. The van der Waals surface area contributed by atoms with Crippen molar-refractivity contribution in [2.75, 3.05) is 6.54 Å². The van der Waals surface area contributed by atoms with Crippen molar-refractivity contribution < 1.29 is 4.79 Å². The fourth-order valence-corrected chi connectivity index (χ4v) is 2.18. The van der Waals surface area contributed by atoms with Gasteiger partial charge in [-0.05, 0) is 31.4 Å². The van der Waals surface area contributed by atoms with Gasteiger partial charge in [0.05, 0.1) is 11.0 Å². The van der Waals surface area contributed by atoms with Crippen molar-refractivity contribution in [1.82, 2.24) is 14.9 Å². The highest BCUT2D eigenvalue weighted by Crippen LogP contribution is 2.09. The van der Waals surface area contributed by atoms with Gasteiger partial charge < -0.3 is 5.32 Å². The standard InChI is InChI=1S/C16H21N3O2/c1-11(2)8-9-17-15(20)10-19-14-7-5-4-6-13(14)18-12(3)16(19)21/h4-7,11H,8-10H2,1-3H3,(H,17,20). The molecular formula is C16H21N3O2. The SMILES string of the molecule is Cc1nc2ccccc2n(CC(=O)NCCC(C)C)c1=O. The molecule has 21 heavy (non-hydrogen) atoms. The molecule has 0 saturated heterocycles. The summed E-state index contributed by atoms with van der Waals surface area (Å²) in [6.07, 6.45) is 0.927. The molecule has 0 bridgehead atoms. The zero-order valence-electron chi connectivity index (χ0n) is 12.7. The summed E-state index contributed by atoms with van der Waals surface area (Å²) in [6, 6.07) is 7.36. The molecule has 5 heteroatoms. The van der Waals surface area contributed by atoms with E-state index in [4.69, 9.17) is 0 Å². The Kier molecular flexibility index (Phi) is 4.73. The lowest BCUT2D eigenvalue weighted by Gasteiger charge is -2.12. The smallest absolute Gasteiger partial charge is 0.272 e. The Morgan fingerprint density at radius 1 is 1.33 bits per heavy atom. The first kappa shape index (κ1) is 15.2. The zero-order valence-corrected chi connectivity index (χ0v) is 12.7. The fraction of sp³-hybridized carbons (Fsp3) is 0.438. The number of nitrogens with one attached hydrogen (secondary N) is 1. The lowest BCUT2D eigenvalue weighted by atomic mass is 10.1. The maximum absolute atomic E-state index is 12.2. The predicted octanol–water partition coefficient (Wildman–Crippen LogP) is 1.87. The first-order chi connectivity index (χ1) is 9.99. The van der Waals surface area contributed by atoms with E-state index < -0.39 is 0 Å². The molecule has 0 atom stereocenters. The molecule has 0 aliphatic heterocycles. The van der Waals surface area contributed by atoms with E-state index in [9.17, 15) is 9.59 Å². The minimum absolute atomic E-state index is 0.0286. The minimum atomic E-state index is -0.215. The van der Waals surface area contributed by atoms with Gasteiger partial charge in [-0.15, -0.1) is 0 Å². The van der Waals surface area contributed by atoms with Crippen LogP contribution < -0.4 is 10.9 Å². The summed E-state index contributed by atoms with van der Waals surface area (Å²) < 4.78 is 1.49. The summed E-state index contributed by atoms with van der Waals surface area (Å²) in [5.74, 6) is 0.394. The van der Waals surface area contributed by atoms with E-state index in [0.717, 1.165) is 11.9 Å². The highest BCUT2D eigenvalue weighted by atomic mass is 16.2. The third-order valence-corrected chi connectivity index (χ3v) is 3.36. The van der Waals surface area contributed by atoms with Crippen LogP contribution in [0.1, 0.15) is 26.0 Å². The number of para-hydroxylation sites is 2. The second kappa shape index (κ2) is 6.52. The van der Waals surface area contributed by atoms with Gasteiger partial charge in [0.2, 0.25) is 5.91 Å². The highest BCUT2D eigenvalue weighted by molar-refractivity contribution is 5.80. The van der Waals surface area contributed by atoms with Gasteiger partial charge in [-0.2, -0.15) is 0 Å². The number of carbonyl (C=O) groups excluding carboxylic acids is 1. The van der Waals surface area contributed by atoms with E-state index in [0.29, 0.717) is 23.7 Å². The highest BCUT2D eigenvalue weighted by Gasteiger charge is 2.11. The molecule has 1 N–H and O–H groups in total. The Morgan fingerprint density at radius 3 is 2.76 bits per heavy atom. The van der Waals surface area contributed by atoms with Crippen molar-refractivity contribution >= 4 is 16.9 Å². The molecule has 1 amide bonds. The van der Waals surface area contributed by atoms with Crippen LogP contribution in [0, 0.1) is 12.8 Å². The minimum Gasteiger partial charge on any atom is -0.355 e. The summed E-state index contributed by atoms with van der Waals surface area (Å²) >= 11 is 0. The second-order valence-electron chi connectivity index (χ2n) is 5.61. The zero-order chi connectivity index (χ0) is 15.4. The van der Waals surface area contributed by atoms with Crippen LogP contribution in [0.15, 0.2) is 29.1 Å². The van der Waals surface area contributed by atoms with Gasteiger partial charge in [-0.25, -0.2) is 4.98 Å². The average molecular weight is 287 g/mol. The maximum Gasteiger partial charge on any atom is 0.272 e. The summed E-state index contributed by atoms with van der Waals surface area (Å²) in [5, 5.41) is 2.85. The third kappa shape index (κ3) is 3.68. The molecule has 0 fully saturated rings. The van der Waals surface area contributed by atoms with Gasteiger partial charge in [0, 0.05) is 6.54 Å². The predicted molar refractivity (Wildman–Crippen MR) is 83.2 cm³/mol. The largest absolute Gasteiger partial charge is 0.355 e. The van der Waals surface area contributed by atoms with Crippen molar-refractivity contribution in [2.45, 2.75) is 33.7 Å². The fourth-order valence-electron chi connectivity index (χ4n) is 2.18. The van der Waals surface area contributed by atoms with Gasteiger partial charge in [0.25, 0.3) is 5.56 Å². The molecule has 0 aliphatic carbocycles. The molecule has 0 radical (unpaired) electrons. The van der Waals surface area contributed by atoms with E-state index in [-0.39, 0.29) is 18.0 Å². The van der Waals surface area contributed by atoms with Crippen molar-refractivity contribution in [3.05, 3.63) is 40.3 Å². The second-order valence-corrected chi connectivity index (χ2v) is 5.61. The molecule has 0 aliphatic rings. The quantitative estimate of drug-likeness (QED) is 0.913. The van der Waals surface area contributed by atoms with Gasteiger partial charge in [-0.3, -0.25) is 14.2 Å². The third-order valence-electron chi connectivity index (χ3n) is 3.36. The van der Waals surface area contributed by atoms with Gasteiger partial charge in [0.15, 0.2) is 0 Å². The van der Waals surface area contributed by atoms with E-state index in [2.05, 4.69) is 24.1 Å². The van der Waals surface area contributed by atoms with Crippen LogP contribution in [0.25, 0.3) is 11.0 Å². The lowest BCUT2D eigenvalue weighted by Crippen LogP contribution is -2.34. The molecule has 1 aromatic heterocycles. The van der Waals surface area contributed by atoms with Crippen LogP contribution in [0.4, 0.5) is 0 Å². The number of aryl methyl sites for hydroxylation is 1. The summed E-state index contributed by atoms with van der Waals surface area (Å²) in [7, 11) is 0. The Bertz CT molecular complexity index is 704. The van der Waals surface area contributed by atoms with Crippen LogP contribution in [-0.4, -0.2) is 22.0 Å². The van der Waals surface area contributed by atoms with Crippen molar-refractivity contribution in [1.29, 1.82) is 0 Å². The summed E-state index contributed by atoms with van der Waals surface area (Å²) in [6.45, 7) is 6.54. The van der Waals surface area contributed by atoms with Crippen molar-refractivity contribution in [2.24, 2.45) is 5.92 Å². The van der Waals surface area contributed by atoms with Gasteiger partial charge in [-0.1, -0.05) is 26.0 Å². The Balaban J connectivity index is 2.23. The Morgan fingerprint density at radius 2 is 2.05 bits per heavy atom. The normalized spacial score (nSPS) is 11.0. The molecule has 5 nitrogen and oxygen atoms in total. The number of amides is 1. The van der Waals surface area contributed by atoms with Crippen molar-refractivity contribution in [3.8, 4) is 0 Å². The lowest BCUT2D eigenvalue weighted by molar-refractivity contribution is -0.121. The monoisotopic (exact) mass is 287 g/mol. The Hall–Kier alpha value is -2.17. The number of hydrogen-bond donors (Lipinski definition) is 1. The van der Waals surface area contributed by atoms with E-state index in [1.165, 1.54) is 4.57 Å². The molecule has 2 aromatic rings. The first-order valence-electron chi connectivity index (χ1n) is 7.22. The number of carbonyl (C=O) groups is 1. The van der Waals surface area contributed by atoms with Gasteiger partial charge >= 0.3 is 0 Å². The topological polar surface area (TPSA) is 64.0 Å². The molecule has 0 unspecified atom stereocenters. The first-order valence-corrected chi connectivity index (χ1v) is 7.22. The Labute approximate surface area is 124 Å². The van der Waals surface area contributed by atoms with Crippen LogP contribution in [0.5, 0.6) is 0 Å². The van der Waals surface area contributed by atoms with E-state index in [1.807, 2.05) is 24.3 Å². The van der Waals surface area contributed by atoms with E-state index >= 15 is 0 Å². The van der Waals surface area contributed by atoms with Crippen molar-refractivity contribution in [3.63, 3.8) is 0 Å². The maximum atomic E-state index is 12.2. The van der Waals surface area contributed by atoms with Gasteiger partial charge in [0.1, 0.15) is 12.2 Å². The molecule has 112 valence electrons. The average Bonchev–Trinajstić information content (AvgIpc) is 2.43. The molecule has 0 spiro atoms. The molecular weight excluding hydrogens is 266 g/mol. The van der Waals surface area contributed by atoms with Crippen LogP contribution in [0.2, 0.25) is 0 Å². The molecule has 2 rings (SSSR count). The number of benzene rings is 1. The van der Waals surface area contributed by atoms with Crippen LogP contribution >= 0.6 is 0 Å². The van der Waals surface area contributed by atoms with Crippen LogP contribution in [-0.2, 0) is 11.3 Å². The number of fused-ring (bicyclic) bond motifs is 1. The van der Waals surface area contributed by atoms with Crippen LogP contribution in [0.3, 0.4) is 0 Å². The molecule has 1 aromatic carbocycles. The summed E-state index contributed by atoms with van der Waals surface area (Å²) in [5.41, 5.74) is 1.60.